The maximum atomic E-state index is 10.1. The number of aliphatic hydroxyl groups excluding tert-OH is 12. The molecule has 0 amide bonds. The highest BCUT2D eigenvalue weighted by molar-refractivity contribution is 4.78. The molecule has 0 aromatic rings. The third-order valence-electron chi connectivity index (χ3n) is 6.48. The molecule has 40 heavy (non-hydrogen) atoms. The van der Waals surface area contributed by atoms with Gasteiger partial charge < -0.3 is 61.3 Å². The standard InChI is InChI=1S/C24H54N4O12/c29-12-19(13-30)28(6-4-27(10-23(39)17-34)11-24(40)18-35)5-3-25(7-20(36)14-31)1-2-26(8-21(37)15-32)9-22(38)16-33/h19-24,29-40H,1-18H2. The van der Waals surface area contributed by atoms with Gasteiger partial charge in [-0.25, -0.2) is 0 Å². The fraction of sp³-hybridized carbons (Fsp3) is 1.00. The van der Waals surface area contributed by atoms with E-state index in [1.54, 1.807) is 14.7 Å². The quantitative estimate of drug-likeness (QED) is 0.0424. The molecule has 0 aliphatic heterocycles. The van der Waals surface area contributed by atoms with Crippen molar-refractivity contribution >= 4 is 0 Å². The number of aliphatic hydroxyl groups is 12. The van der Waals surface area contributed by atoms with E-state index in [-0.39, 0.29) is 65.6 Å². The smallest absolute Gasteiger partial charge is 0.0897 e. The van der Waals surface area contributed by atoms with Gasteiger partial charge in [0.2, 0.25) is 0 Å². The van der Waals surface area contributed by atoms with E-state index >= 15 is 0 Å². The molecule has 5 unspecified atom stereocenters. The van der Waals surface area contributed by atoms with E-state index in [2.05, 4.69) is 0 Å². The Balaban J connectivity index is 5.49. The average Bonchev–Trinajstić information content (AvgIpc) is 2.95. The third kappa shape index (κ3) is 18.0. The van der Waals surface area contributed by atoms with Crippen molar-refractivity contribution in [2.24, 2.45) is 0 Å². The van der Waals surface area contributed by atoms with Crippen LogP contribution in [-0.2, 0) is 0 Å². The van der Waals surface area contributed by atoms with Gasteiger partial charge in [-0.1, -0.05) is 0 Å². The maximum absolute atomic E-state index is 10.1. The molecule has 12 N–H and O–H groups in total. The highest BCUT2D eigenvalue weighted by Crippen LogP contribution is 2.05. The van der Waals surface area contributed by atoms with Gasteiger partial charge in [0.05, 0.1) is 82.8 Å². The summed E-state index contributed by atoms with van der Waals surface area (Å²) in [6.07, 6.45) is -5.33. The van der Waals surface area contributed by atoms with Gasteiger partial charge in [0.15, 0.2) is 0 Å². The van der Waals surface area contributed by atoms with E-state index in [1.165, 1.54) is 0 Å². The number of rotatable bonds is 27. The first kappa shape index (κ1) is 39.4. The van der Waals surface area contributed by atoms with Gasteiger partial charge in [-0.2, -0.15) is 0 Å². The summed E-state index contributed by atoms with van der Waals surface area (Å²) in [7, 11) is 0. The molecular formula is C24H54N4O12. The van der Waals surface area contributed by atoms with Gasteiger partial charge in [0.1, 0.15) is 0 Å². The molecule has 0 saturated carbocycles. The largest absolute Gasteiger partial charge is 0.395 e. The van der Waals surface area contributed by atoms with Crippen molar-refractivity contribution in [2.45, 2.75) is 36.6 Å². The van der Waals surface area contributed by atoms with Gasteiger partial charge in [0, 0.05) is 72.0 Å². The van der Waals surface area contributed by atoms with Gasteiger partial charge in [0.25, 0.3) is 0 Å². The van der Waals surface area contributed by atoms with Crippen LogP contribution in [0.15, 0.2) is 0 Å². The first-order valence-electron chi connectivity index (χ1n) is 13.6. The minimum absolute atomic E-state index is 0.0222. The Morgan fingerprint density at radius 2 is 0.575 bits per heavy atom. The lowest BCUT2D eigenvalue weighted by atomic mass is 10.2. The summed E-state index contributed by atoms with van der Waals surface area (Å²) in [5.74, 6) is 0. The molecule has 0 rings (SSSR count). The fourth-order valence-corrected chi connectivity index (χ4v) is 4.18. The normalized spacial score (nSPS) is 16.4. The van der Waals surface area contributed by atoms with Gasteiger partial charge in [-0.05, 0) is 0 Å². The van der Waals surface area contributed by atoms with Crippen molar-refractivity contribution in [3.05, 3.63) is 0 Å². The zero-order chi connectivity index (χ0) is 30.5. The lowest BCUT2D eigenvalue weighted by molar-refractivity contribution is 0.00614. The summed E-state index contributed by atoms with van der Waals surface area (Å²) in [5.41, 5.74) is 0. The molecule has 16 nitrogen and oxygen atoms in total. The van der Waals surface area contributed by atoms with Crippen LogP contribution in [0.4, 0.5) is 0 Å². The van der Waals surface area contributed by atoms with E-state index in [9.17, 15) is 61.3 Å². The van der Waals surface area contributed by atoms with E-state index in [0.717, 1.165) is 0 Å². The van der Waals surface area contributed by atoms with Crippen LogP contribution in [0.3, 0.4) is 0 Å². The topological polar surface area (TPSA) is 256 Å². The molecule has 0 aliphatic rings. The minimum Gasteiger partial charge on any atom is -0.395 e. The lowest BCUT2D eigenvalue weighted by Crippen LogP contribution is -2.51. The zero-order valence-electron chi connectivity index (χ0n) is 23.3. The van der Waals surface area contributed by atoms with Crippen molar-refractivity contribution in [3.63, 3.8) is 0 Å². The second-order valence-corrected chi connectivity index (χ2v) is 10.1. The highest BCUT2D eigenvalue weighted by Gasteiger charge is 2.23. The van der Waals surface area contributed by atoms with Crippen LogP contribution in [0, 0.1) is 0 Å². The van der Waals surface area contributed by atoms with E-state index < -0.39 is 69.6 Å². The number of hydrogen-bond donors (Lipinski definition) is 12. The molecule has 0 aromatic heterocycles. The lowest BCUT2D eigenvalue weighted by Gasteiger charge is -2.35. The Morgan fingerprint density at radius 1 is 0.325 bits per heavy atom. The Morgan fingerprint density at radius 3 is 0.875 bits per heavy atom. The Labute approximate surface area is 236 Å². The number of hydrogen-bond acceptors (Lipinski definition) is 16. The summed E-state index contributed by atoms with van der Waals surface area (Å²) in [6.45, 7) is -1.26. The Bertz CT molecular complexity index is 560. The van der Waals surface area contributed by atoms with Crippen molar-refractivity contribution < 1.29 is 61.3 Å². The summed E-state index contributed by atoms with van der Waals surface area (Å²) in [6, 6.07) is -0.645. The predicted octanol–water partition coefficient (Wildman–Crippen LogP) is -7.69. The van der Waals surface area contributed by atoms with Crippen molar-refractivity contribution in [1.82, 2.24) is 19.6 Å². The molecule has 0 spiro atoms. The Hall–Kier alpha value is -0.640. The second-order valence-electron chi connectivity index (χ2n) is 10.1. The summed E-state index contributed by atoms with van der Waals surface area (Å²) < 4.78 is 0. The van der Waals surface area contributed by atoms with E-state index in [4.69, 9.17) is 0 Å². The fourth-order valence-electron chi connectivity index (χ4n) is 4.18. The van der Waals surface area contributed by atoms with Crippen molar-refractivity contribution in [1.29, 1.82) is 0 Å². The van der Waals surface area contributed by atoms with Crippen molar-refractivity contribution in [3.8, 4) is 0 Å². The molecular weight excluding hydrogens is 536 g/mol. The first-order valence-corrected chi connectivity index (χ1v) is 13.6. The molecule has 0 radical (unpaired) electrons. The molecule has 16 heteroatoms. The molecule has 0 fully saturated rings. The average molecular weight is 591 g/mol. The van der Waals surface area contributed by atoms with Crippen LogP contribution >= 0.6 is 0 Å². The van der Waals surface area contributed by atoms with Crippen LogP contribution in [-0.4, -0.2) is 236 Å². The molecule has 0 saturated heterocycles. The molecule has 5 atom stereocenters. The molecule has 0 aromatic carbocycles. The zero-order valence-corrected chi connectivity index (χ0v) is 23.3. The molecule has 0 heterocycles. The van der Waals surface area contributed by atoms with Crippen LogP contribution in [0.2, 0.25) is 0 Å². The highest BCUT2D eigenvalue weighted by atomic mass is 16.3. The third-order valence-corrected chi connectivity index (χ3v) is 6.48. The predicted molar refractivity (Wildman–Crippen MR) is 144 cm³/mol. The second kappa shape index (κ2) is 23.9. The van der Waals surface area contributed by atoms with Gasteiger partial charge >= 0.3 is 0 Å². The minimum atomic E-state index is -1.07. The number of nitrogens with zero attached hydrogens (tertiary/aromatic N) is 4. The maximum Gasteiger partial charge on any atom is 0.0897 e. The molecule has 0 bridgehead atoms. The van der Waals surface area contributed by atoms with Crippen LogP contribution < -0.4 is 0 Å². The summed E-state index contributed by atoms with van der Waals surface area (Å²) >= 11 is 0. The SMILES string of the molecule is OCC(O)CN(CCN(CC(O)CO)CC(O)CO)CCN(CCN(CC(O)CO)CC(O)CO)C(CO)CO. The van der Waals surface area contributed by atoms with E-state index in [1.807, 2.05) is 4.90 Å². The first-order chi connectivity index (χ1) is 19.1. The van der Waals surface area contributed by atoms with E-state index in [0.29, 0.717) is 19.6 Å². The Kier molecular flexibility index (Phi) is 23.5. The molecule has 0 aliphatic carbocycles. The molecule has 242 valence electrons. The monoisotopic (exact) mass is 590 g/mol. The van der Waals surface area contributed by atoms with Crippen LogP contribution in [0.1, 0.15) is 0 Å². The summed E-state index contributed by atoms with van der Waals surface area (Å²) in [4.78, 5) is 6.89. The van der Waals surface area contributed by atoms with Crippen LogP contribution in [0.5, 0.6) is 0 Å². The van der Waals surface area contributed by atoms with Crippen LogP contribution in [0.25, 0.3) is 0 Å². The van der Waals surface area contributed by atoms with Gasteiger partial charge in [-0.3, -0.25) is 19.6 Å². The van der Waals surface area contributed by atoms with Gasteiger partial charge in [-0.15, -0.1) is 0 Å². The van der Waals surface area contributed by atoms with Crippen molar-refractivity contribution in [2.75, 3.05) is 118 Å². The summed E-state index contributed by atoms with van der Waals surface area (Å²) in [5, 5.41) is 115.